The third kappa shape index (κ3) is 3.13. The highest BCUT2D eigenvalue weighted by molar-refractivity contribution is 6.30. The summed E-state index contributed by atoms with van der Waals surface area (Å²) < 4.78 is 18.6. The lowest BCUT2D eigenvalue weighted by atomic mass is 9.73. The Hall–Kier alpha value is -2.38. The van der Waals surface area contributed by atoms with Gasteiger partial charge in [-0.3, -0.25) is 4.90 Å². The van der Waals surface area contributed by atoms with Gasteiger partial charge in [-0.1, -0.05) is 11.6 Å². The number of ether oxygens (including phenoxy) is 1. The van der Waals surface area contributed by atoms with Gasteiger partial charge in [0.15, 0.2) is 0 Å². The van der Waals surface area contributed by atoms with Crippen molar-refractivity contribution in [1.82, 2.24) is 9.88 Å². The normalized spacial score (nSPS) is 22.2. The molecule has 6 nitrogen and oxygen atoms in total. The third-order valence-corrected chi connectivity index (χ3v) is 6.40. The van der Waals surface area contributed by atoms with E-state index in [1.807, 2.05) is 28.0 Å². The van der Waals surface area contributed by atoms with Crippen LogP contribution in [0.1, 0.15) is 18.1 Å². The zero-order valence-electron chi connectivity index (χ0n) is 16.1. The second-order valence-corrected chi connectivity index (χ2v) is 8.63. The summed E-state index contributed by atoms with van der Waals surface area (Å²) in [5, 5.41) is 0.645. The van der Waals surface area contributed by atoms with Crippen molar-refractivity contribution in [2.45, 2.75) is 12.5 Å². The van der Waals surface area contributed by atoms with Crippen LogP contribution in [0.5, 0.6) is 0 Å². The number of hydrogen-bond donors (Lipinski definition) is 0. The third-order valence-electron chi connectivity index (χ3n) is 6.17. The lowest BCUT2D eigenvalue weighted by Crippen LogP contribution is -2.74. The molecule has 29 heavy (non-hydrogen) atoms. The zero-order chi connectivity index (χ0) is 20.2. The molecule has 3 aliphatic rings. The van der Waals surface area contributed by atoms with E-state index < -0.39 is 0 Å². The SMILES string of the molecule is COC1CCN(C(=O)N2CC3(C2)CN(c2ccc(F)cn2)C3)c2ccc(Cl)cc21. The molecule has 1 unspecified atom stereocenters. The van der Waals surface area contributed by atoms with Gasteiger partial charge < -0.3 is 14.5 Å². The molecule has 2 saturated heterocycles. The van der Waals surface area contributed by atoms with Gasteiger partial charge in [-0.05, 0) is 36.8 Å². The van der Waals surface area contributed by atoms with Gasteiger partial charge in [0.2, 0.25) is 0 Å². The first-order valence-electron chi connectivity index (χ1n) is 9.73. The molecule has 2 fully saturated rings. The van der Waals surface area contributed by atoms with E-state index in [1.54, 1.807) is 13.2 Å². The minimum Gasteiger partial charge on any atom is -0.377 e. The summed E-state index contributed by atoms with van der Waals surface area (Å²) in [6.45, 7) is 3.77. The van der Waals surface area contributed by atoms with Gasteiger partial charge in [0.1, 0.15) is 11.6 Å². The number of aromatic nitrogens is 1. The van der Waals surface area contributed by atoms with Crippen LogP contribution in [0, 0.1) is 11.2 Å². The van der Waals surface area contributed by atoms with Gasteiger partial charge >= 0.3 is 6.03 Å². The van der Waals surface area contributed by atoms with E-state index in [-0.39, 0.29) is 23.4 Å². The number of carbonyl (C=O) groups excluding carboxylic acids is 1. The first kappa shape index (κ1) is 18.6. The van der Waals surface area contributed by atoms with Crippen LogP contribution in [-0.2, 0) is 4.74 Å². The average molecular weight is 417 g/mol. The molecule has 2 aromatic rings. The fourth-order valence-electron chi connectivity index (χ4n) is 4.74. The van der Waals surface area contributed by atoms with Gasteiger partial charge in [0, 0.05) is 55.8 Å². The van der Waals surface area contributed by atoms with E-state index in [4.69, 9.17) is 16.3 Å². The van der Waals surface area contributed by atoms with Gasteiger partial charge in [0.05, 0.1) is 18.0 Å². The number of nitrogens with zero attached hydrogens (tertiary/aromatic N) is 4. The quantitative estimate of drug-likeness (QED) is 0.748. The minimum absolute atomic E-state index is 0.0344. The molecule has 1 aromatic carbocycles. The van der Waals surface area contributed by atoms with Crippen molar-refractivity contribution in [3.05, 3.63) is 52.9 Å². The first-order valence-corrected chi connectivity index (χ1v) is 10.1. The molecule has 8 heteroatoms. The predicted octanol–water partition coefficient (Wildman–Crippen LogP) is 3.71. The maximum Gasteiger partial charge on any atom is 0.324 e. The van der Waals surface area contributed by atoms with E-state index in [0.29, 0.717) is 11.6 Å². The van der Waals surface area contributed by atoms with Gasteiger partial charge in [-0.25, -0.2) is 14.2 Å². The Balaban J connectivity index is 1.24. The summed E-state index contributed by atoms with van der Waals surface area (Å²) in [7, 11) is 1.68. The molecular weight excluding hydrogens is 395 g/mol. The van der Waals surface area contributed by atoms with Crippen molar-refractivity contribution < 1.29 is 13.9 Å². The van der Waals surface area contributed by atoms with Crippen LogP contribution >= 0.6 is 11.6 Å². The van der Waals surface area contributed by atoms with Gasteiger partial charge in [-0.15, -0.1) is 0 Å². The molecule has 0 N–H and O–H groups in total. The average Bonchev–Trinajstić information content (AvgIpc) is 2.66. The fraction of sp³-hybridized carbons (Fsp3) is 0.429. The van der Waals surface area contributed by atoms with E-state index in [9.17, 15) is 9.18 Å². The largest absolute Gasteiger partial charge is 0.377 e. The van der Waals surface area contributed by atoms with E-state index in [0.717, 1.165) is 49.7 Å². The van der Waals surface area contributed by atoms with Crippen molar-refractivity contribution in [3.8, 4) is 0 Å². The highest BCUT2D eigenvalue weighted by atomic mass is 35.5. The molecule has 152 valence electrons. The molecule has 0 radical (unpaired) electrons. The summed E-state index contributed by atoms with van der Waals surface area (Å²) in [6.07, 6.45) is 1.95. The second kappa shape index (κ2) is 6.85. The minimum atomic E-state index is -0.330. The Bertz CT molecular complexity index is 940. The Morgan fingerprint density at radius 3 is 2.72 bits per heavy atom. The fourth-order valence-corrected chi connectivity index (χ4v) is 4.93. The first-order chi connectivity index (χ1) is 14.0. The number of anilines is 2. The predicted molar refractivity (Wildman–Crippen MR) is 109 cm³/mol. The van der Waals surface area contributed by atoms with Crippen LogP contribution in [0.25, 0.3) is 0 Å². The monoisotopic (exact) mass is 416 g/mol. The molecule has 3 aliphatic heterocycles. The number of likely N-dealkylation sites (tertiary alicyclic amines) is 1. The van der Waals surface area contributed by atoms with Crippen molar-refractivity contribution in [2.24, 2.45) is 5.41 Å². The van der Waals surface area contributed by atoms with Crippen LogP contribution in [0.15, 0.2) is 36.5 Å². The molecular formula is C21H22ClFN4O2. The van der Waals surface area contributed by atoms with Crippen LogP contribution in [0.3, 0.4) is 0 Å². The number of rotatable bonds is 2. The molecule has 0 saturated carbocycles. The maximum atomic E-state index is 13.2. The molecule has 4 heterocycles. The zero-order valence-corrected chi connectivity index (χ0v) is 16.9. The van der Waals surface area contributed by atoms with Crippen molar-refractivity contribution in [1.29, 1.82) is 0 Å². The van der Waals surface area contributed by atoms with Crippen LogP contribution < -0.4 is 9.80 Å². The lowest BCUT2D eigenvalue weighted by Gasteiger charge is -2.61. The highest BCUT2D eigenvalue weighted by Gasteiger charge is 2.54. The topological polar surface area (TPSA) is 48.9 Å². The standard InChI is InChI=1S/C21H22ClFN4O2/c1-29-18-6-7-27(17-4-2-14(22)8-16(17)18)20(28)26-12-21(13-26)10-25(11-21)19-5-3-15(23)9-24-19/h2-5,8-9,18H,6-7,10-13H2,1H3. The second-order valence-electron chi connectivity index (χ2n) is 8.20. The summed E-state index contributed by atoms with van der Waals surface area (Å²) >= 11 is 6.16. The van der Waals surface area contributed by atoms with E-state index >= 15 is 0 Å². The summed E-state index contributed by atoms with van der Waals surface area (Å²) in [4.78, 5) is 23.2. The van der Waals surface area contributed by atoms with Crippen molar-refractivity contribution >= 4 is 29.1 Å². The molecule has 1 spiro atoms. The Labute approximate surface area is 173 Å². The van der Waals surface area contributed by atoms with Crippen LogP contribution in [-0.4, -0.2) is 55.7 Å². The lowest BCUT2D eigenvalue weighted by molar-refractivity contribution is 0.00896. The smallest absolute Gasteiger partial charge is 0.324 e. The number of amides is 2. The number of urea groups is 1. The maximum absolute atomic E-state index is 13.2. The number of fused-ring (bicyclic) bond motifs is 1. The van der Waals surface area contributed by atoms with Crippen LogP contribution in [0.4, 0.5) is 20.7 Å². The molecule has 1 atom stereocenters. The molecule has 1 aromatic heterocycles. The Kier molecular flexibility index (Phi) is 4.40. The number of methoxy groups -OCH3 is 1. The van der Waals surface area contributed by atoms with Crippen molar-refractivity contribution in [3.63, 3.8) is 0 Å². The summed E-state index contributed by atoms with van der Waals surface area (Å²) in [5.74, 6) is 0.456. The van der Waals surface area contributed by atoms with Crippen LogP contribution in [0.2, 0.25) is 5.02 Å². The summed E-state index contributed by atoms with van der Waals surface area (Å²) in [6, 6.07) is 8.77. The summed E-state index contributed by atoms with van der Waals surface area (Å²) in [5.41, 5.74) is 1.97. The number of pyridine rings is 1. The van der Waals surface area contributed by atoms with Gasteiger partial charge in [-0.2, -0.15) is 0 Å². The number of benzene rings is 1. The molecule has 5 rings (SSSR count). The molecule has 2 amide bonds. The number of carbonyl (C=O) groups is 1. The molecule has 0 aliphatic carbocycles. The van der Waals surface area contributed by atoms with Crippen molar-refractivity contribution in [2.75, 3.05) is 49.6 Å². The van der Waals surface area contributed by atoms with E-state index in [2.05, 4.69) is 9.88 Å². The number of hydrogen-bond acceptors (Lipinski definition) is 4. The van der Waals surface area contributed by atoms with E-state index in [1.165, 1.54) is 12.3 Å². The Morgan fingerprint density at radius 2 is 2.03 bits per heavy atom. The number of halogens is 2. The van der Waals surface area contributed by atoms with Gasteiger partial charge in [0.25, 0.3) is 0 Å². The molecule has 0 bridgehead atoms. The Morgan fingerprint density at radius 1 is 1.24 bits per heavy atom. The highest BCUT2D eigenvalue weighted by Crippen LogP contribution is 2.43.